The molecule has 118 valence electrons. The van der Waals surface area contributed by atoms with Crippen molar-refractivity contribution in [3.8, 4) is 17.1 Å². The van der Waals surface area contributed by atoms with E-state index in [0.29, 0.717) is 10.9 Å². The Kier molecular flexibility index (Phi) is 4.43. The van der Waals surface area contributed by atoms with Gasteiger partial charge in [0.05, 0.1) is 11.4 Å². The zero-order valence-corrected chi connectivity index (χ0v) is 13.7. The van der Waals surface area contributed by atoms with E-state index in [1.165, 1.54) is 11.3 Å². The normalized spacial score (nSPS) is 11.9. The standard InChI is InChI=1S/C17H17N3O2S/c1-11-5-7-13(8-6-11)22-12(2)16(21)20-17-19-15(10-23-17)14-4-3-9-18-14/h3-10,12,18H,1-2H3,(H,19,20,21)/t12-/m0/s1. The van der Waals surface area contributed by atoms with Gasteiger partial charge in [-0.1, -0.05) is 17.7 Å². The van der Waals surface area contributed by atoms with E-state index in [1.807, 2.05) is 54.9 Å². The maximum absolute atomic E-state index is 12.2. The number of nitrogens with one attached hydrogen (secondary N) is 2. The number of carbonyl (C=O) groups excluding carboxylic acids is 1. The van der Waals surface area contributed by atoms with Crippen molar-refractivity contribution in [2.45, 2.75) is 20.0 Å². The van der Waals surface area contributed by atoms with Gasteiger partial charge >= 0.3 is 0 Å². The van der Waals surface area contributed by atoms with Crippen molar-refractivity contribution in [3.63, 3.8) is 0 Å². The Morgan fingerprint density at radius 1 is 1.30 bits per heavy atom. The number of nitrogens with zero attached hydrogens (tertiary/aromatic N) is 1. The number of carbonyl (C=O) groups is 1. The van der Waals surface area contributed by atoms with Crippen molar-refractivity contribution >= 4 is 22.4 Å². The Hall–Kier alpha value is -2.60. The monoisotopic (exact) mass is 327 g/mol. The van der Waals surface area contributed by atoms with E-state index in [4.69, 9.17) is 4.74 Å². The van der Waals surface area contributed by atoms with E-state index >= 15 is 0 Å². The molecule has 0 saturated carbocycles. The summed E-state index contributed by atoms with van der Waals surface area (Å²) in [7, 11) is 0. The van der Waals surface area contributed by atoms with E-state index in [2.05, 4.69) is 15.3 Å². The first-order valence-corrected chi connectivity index (χ1v) is 8.13. The van der Waals surface area contributed by atoms with Crippen LogP contribution < -0.4 is 10.1 Å². The molecule has 3 aromatic rings. The first-order chi connectivity index (χ1) is 11.1. The van der Waals surface area contributed by atoms with E-state index in [1.54, 1.807) is 6.92 Å². The lowest BCUT2D eigenvalue weighted by Gasteiger charge is -2.13. The largest absolute Gasteiger partial charge is 0.481 e. The van der Waals surface area contributed by atoms with Crippen LogP contribution in [0.15, 0.2) is 48.0 Å². The number of benzene rings is 1. The van der Waals surface area contributed by atoms with Crippen molar-refractivity contribution in [1.82, 2.24) is 9.97 Å². The van der Waals surface area contributed by atoms with Crippen LogP contribution in [0, 0.1) is 6.92 Å². The summed E-state index contributed by atoms with van der Waals surface area (Å²) in [4.78, 5) is 19.7. The highest BCUT2D eigenvalue weighted by Crippen LogP contribution is 2.23. The summed E-state index contributed by atoms with van der Waals surface area (Å²) in [5, 5.41) is 5.24. The highest BCUT2D eigenvalue weighted by atomic mass is 32.1. The number of hydrogen-bond acceptors (Lipinski definition) is 4. The van der Waals surface area contributed by atoms with Gasteiger partial charge in [-0.05, 0) is 38.1 Å². The number of amides is 1. The summed E-state index contributed by atoms with van der Waals surface area (Å²) >= 11 is 1.38. The van der Waals surface area contributed by atoms with Crippen LogP contribution in [0.25, 0.3) is 11.4 Å². The smallest absolute Gasteiger partial charge is 0.266 e. The number of aromatic nitrogens is 2. The lowest BCUT2D eigenvalue weighted by atomic mass is 10.2. The van der Waals surface area contributed by atoms with Crippen molar-refractivity contribution in [2.75, 3.05) is 5.32 Å². The fourth-order valence-corrected chi connectivity index (χ4v) is 2.74. The second-order valence-corrected chi connectivity index (χ2v) is 6.04. The fourth-order valence-electron chi connectivity index (χ4n) is 2.03. The zero-order valence-electron chi connectivity index (χ0n) is 12.9. The van der Waals surface area contributed by atoms with Crippen LogP contribution >= 0.6 is 11.3 Å². The Labute approximate surface area is 138 Å². The summed E-state index contributed by atoms with van der Waals surface area (Å²) < 4.78 is 5.64. The van der Waals surface area contributed by atoms with Crippen molar-refractivity contribution in [2.24, 2.45) is 0 Å². The SMILES string of the molecule is Cc1ccc(O[C@@H](C)C(=O)Nc2nc(-c3ccc[nH]3)cs2)cc1. The Morgan fingerprint density at radius 2 is 2.09 bits per heavy atom. The van der Waals surface area contributed by atoms with Crippen LogP contribution in [-0.4, -0.2) is 22.0 Å². The average Bonchev–Trinajstić information content (AvgIpc) is 3.20. The minimum Gasteiger partial charge on any atom is -0.481 e. The maximum Gasteiger partial charge on any atom is 0.266 e. The van der Waals surface area contributed by atoms with E-state index in [9.17, 15) is 4.79 Å². The number of ether oxygens (including phenoxy) is 1. The molecule has 0 fully saturated rings. The number of thiazole rings is 1. The minimum atomic E-state index is -0.601. The summed E-state index contributed by atoms with van der Waals surface area (Å²) in [6, 6.07) is 11.4. The number of hydrogen-bond donors (Lipinski definition) is 2. The molecule has 0 aliphatic carbocycles. The lowest BCUT2D eigenvalue weighted by Crippen LogP contribution is -2.30. The maximum atomic E-state index is 12.2. The van der Waals surface area contributed by atoms with Crippen molar-refractivity contribution < 1.29 is 9.53 Å². The molecular formula is C17H17N3O2S. The molecule has 0 aliphatic heterocycles. The molecule has 1 aromatic carbocycles. The van der Waals surface area contributed by atoms with Gasteiger partial charge in [-0.25, -0.2) is 4.98 Å². The number of H-pyrrole nitrogens is 1. The molecule has 2 N–H and O–H groups in total. The molecular weight excluding hydrogens is 310 g/mol. The second-order valence-electron chi connectivity index (χ2n) is 5.18. The van der Waals surface area contributed by atoms with Crippen LogP contribution in [0.2, 0.25) is 0 Å². The summed E-state index contributed by atoms with van der Waals surface area (Å²) in [5.41, 5.74) is 2.88. The molecule has 0 aliphatic rings. The van der Waals surface area contributed by atoms with Crippen LogP contribution in [0.5, 0.6) is 5.75 Å². The molecule has 3 rings (SSSR count). The van der Waals surface area contributed by atoms with Gasteiger partial charge in [0.1, 0.15) is 5.75 Å². The quantitative estimate of drug-likeness (QED) is 0.748. The molecule has 0 radical (unpaired) electrons. The number of rotatable bonds is 5. The molecule has 0 saturated heterocycles. The Balaban J connectivity index is 1.61. The molecule has 2 aromatic heterocycles. The summed E-state index contributed by atoms with van der Waals surface area (Å²) in [6.07, 6.45) is 1.24. The molecule has 1 atom stereocenters. The first kappa shape index (κ1) is 15.3. The van der Waals surface area contributed by atoms with Crippen LogP contribution in [-0.2, 0) is 4.79 Å². The molecule has 0 unspecified atom stereocenters. The molecule has 6 heteroatoms. The molecule has 0 bridgehead atoms. The number of anilines is 1. The van der Waals surface area contributed by atoms with Gasteiger partial charge in [0.15, 0.2) is 11.2 Å². The highest BCUT2D eigenvalue weighted by molar-refractivity contribution is 7.14. The van der Waals surface area contributed by atoms with Crippen LogP contribution in [0.4, 0.5) is 5.13 Å². The minimum absolute atomic E-state index is 0.224. The first-order valence-electron chi connectivity index (χ1n) is 7.25. The van der Waals surface area contributed by atoms with Gasteiger partial charge < -0.3 is 9.72 Å². The van der Waals surface area contributed by atoms with Crippen LogP contribution in [0.1, 0.15) is 12.5 Å². The topological polar surface area (TPSA) is 67.0 Å². The number of aryl methyl sites for hydroxylation is 1. The van der Waals surface area contributed by atoms with Gasteiger partial charge in [-0.15, -0.1) is 11.3 Å². The number of aromatic amines is 1. The van der Waals surface area contributed by atoms with Crippen LogP contribution in [0.3, 0.4) is 0 Å². The predicted molar refractivity (Wildman–Crippen MR) is 91.8 cm³/mol. The molecule has 23 heavy (non-hydrogen) atoms. The molecule has 0 spiro atoms. The third-order valence-corrected chi connectivity index (χ3v) is 4.07. The van der Waals surface area contributed by atoms with Gasteiger partial charge in [-0.2, -0.15) is 0 Å². The van der Waals surface area contributed by atoms with E-state index in [0.717, 1.165) is 17.0 Å². The third kappa shape index (κ3) is 3.78. The lowest BCUT2D eigenvalue weighted by molar-refractivity contribution is -0.122. The van der Waals surface area contributed by atoms with E-state index < -0.39 is 6.10 Å². The zero-order chi connectivity index (χ0) is 16.2. The summed E-state index contributed by atoms with van der Waals surface area (Å²) in [5.74, 6) is 0.447. The van der Waals surface area contributed by atoms with Gasteiger partial charge in [0.25, 0.3) is 5.91 Å². The summed E-state index contributed by atoms with van der Waals surface area (Å²) in [6.45, 7) is 3.72. The Bertz CT molecular complexity index is 779. The predicted octanol–water partition coefficient (Wildman–Crippen LogP) is 3.85. The highest BCUT2D eigenvalue weighted by Gasteiger charge is 2.16. The molecule has 1 amide bonds. The van der Waals surface area contributed by atoms with E-state index in [-0.39, 0.29) is 5.91 Å². The van der Waals surface area contributed by atoms with Crippen molar-refractivity contribution in [1.29, 1.82) is 0 Å². The third-order valence-electron chi connectivity index (χ3n) is 3.31. The van der Waals surface area contributed by atoms with Gasteiger partial charge in [0.2, 0.25) is 0 Å². The Morgan fingerprint density at radius 3 is 2.78 bits per heavy atom. The van der Waals surface area contributed by atoms with Gasteiger partial charge in [-0.3, -0.25) is 10.1 Å². The second kappa shape index (κ2) is 6.66. The molecule has 2 heterocycles. The average molecular weight is 327 g/mol. The fraction of sp³-hybridized carbons (Fsp3) is 0.176. The molecule has 5 nitrogen and oxygen atoms in total. The van der Waals surface area contributed by atoms with Gasteiger partial charge in [0, 0.05) is 11.6 Å². The van der Waals surface area contributed by atoms with Crippen molar-refractivity contribution in [3.05, 3.63) is 53.5 Å².